The van der Waals surface area contributed by atoms with Crippen LogP contribution >= 0.6 is 23.4 Å². The molecule has 82 valence electrons. The first-order valence-electron chi connectivity index (χ1n) is 5.37. The van der Waals surface area contributed by atoms with Gasteiger partial charge >= 0.3 is 0 Å². The lowest BCUT2D eigenvalue weighted by molar-refractivity contribution is 0.404. The highest BCUT2D eigenvalue weighted by Crippen LogP contribution is 2.34. The Kier molecular flexibility index (Phi) is 3.95. The van der Waals surface area contributed by atoms with E-state index < -0.39 is 0 Å². The standard InChI is InChI=1S/C12H16ClNS/c13-11-4-2-1-3-10(11)12(14)9-5-7-15-8-6-9/h1-4,9,12H,5-8,14H2. The summed E-state index contributed by atoms with van der Waals surface area (Å²) in [5.74, 6) is 3.08. The highest BCUT2D eigenvalue weighted by atomic mass is 35.5. The van der Waals surface area contributed by atoms with Gasteiger partial charge in [0.2, 0.25) is 0 Å². The molecule has 15 heavy (non-hydrogen) atoms. The van der Waals surface area contributed by atoms with Gasteiger partial charge < -0.3 is 5.73 Å². The number of halogens is 1. The Morgan fingerprint density at radius 3 is 2.60 bits per heavy atom. The number of hydrogen-bond acceptors (Lipinski definition) is 2. The SMILES string of the molecule is NC(c1ccccc1Cl)C1CCSCC1. The summed E-state index contributed by atoms with van der Waals surface area (Å²) in [6, 6.07) is 8.05. The topological polar surface area (TPSA) is 26.0 Å². The second-order valence-corrected chi connectivity index (χ2v) is 5.63. The van der Waals surface area contributed by atoms with Gasteiger partial charge in [-0.15, -0.1) is 0 Å². The third-order valence-corrected chi connectivity index (χ3v) is 4.43. The first-order chi connectivity index (χ1) is 7.29. The van der Waals surface area contributed by atoms with Gasteiger partial charge in [-0.1, -0.05) is 29.8 Å². The summed E-state index contributed by atoms with van der Waals surface area (Å²) in [7, 11) is 0. The smallest absolute Gasteiger partial charge is 0.0453 e. The highest BCUT2D eigenvalue weighted by Gasteiger charge is 2.23. The fourth-order valence-corrected chi connectivity index (χ4v) is 3.48. The summed E-state index contributed by atoms with van der Waals surface area (Å²) < 4.78 is 0. The molecule has 0 bridgehead atoms. The molecule has 0 aromatic heterocycles. The zero-order valence-corrected chi connectivity index (χ0v) is 10.2. The molecule has 1 aromatic rings. The third-order valence-electron chi connectivity index (χ3n) is 3.04. The van der Waals surface area contributed by atoms with Crippen LogP contribution in [0.15, 0.2) is 24.3 Å². The highest BCUT2D eigenvalue weighted by molar-refractivity contribution is 7.99. The minimum Gasteiger partial charge on any atom is -0.324 e. The minimum absolute atomic E-state index is 0.111. The van der Waals surface area contributed by atoms with Gasteiger partial charge in [0, 0.05) is 11.1 Å². The van der Waals surface area contributed by atoms with Crippen molar-refractivity contribution in [3.63, 3.8) is 0 Å². The fraction of sp³-hybridized carbons (Fsp3) is 0.500. The molecule has 1 fully saturated rings. The average Bonchev–Trinajstić information content (AvgIpc) is 2.30. The van der Waals surface area contributed by atoms with Crippen molar-refractivity contribution in [3.05, 3.63) is 34.9 Å². The van der Waals surface area contributed by atoms with Crippen LogP contribution in [-0.2, 0) is 0 Å². The van der Waals surface area contributed by atoms with Crippen LogP contribution in [0.3, 0.4) is 0 Å². The van der Waals surface area contributed by atoms with Gasteiger partial charge in [0.25, 0.3) is 0 Å². The first kappa shape index (κ1) is 11.3. The number of benzene rings is 1. The van der Waals surface area contributed by atoms with E-state index in [4.69, 9.17) is 17.3 Å². The molecule has 1 unspecified atom stereocenters. The molecule has 0 radical (unpaired) electrons. The number of rotatable bonds is 2. The van der Waals surface area contributed by atoms with Crippen LogP contribution in [0, 0.1) is 5.92 Å². The van der Waals surface area contributed by atoms with Gasteiger partial charge in [0.05, 0.1) is 0 Å². The Bertz CT molecular complexity index is 323. The molecular formula is C12H16ClNS. The Balaban J connectivity index is 2.12. The van der Waals surface area contributed by atoms with Crippen molar-refractivity contribution in [2.24, 2.45) is 11.7 Å². The predicted octanol–water partition coefficient (Wildman–Crippen LogP) is 3.48. The molecule has 1 aliphatic rings. The zero-order valence-electron chi connectivity index (χ0n) is 8.66. The monoisotopic (exact) mass is 241 g/mol. The molecule has 3 heteroatoms. The van der Waals surface area contributed by atoms with Gasteiger partial charge in [-0.05, 0) is 41.9 Å². The van der Waals surface area contributed by atoms with Crippen LogP contribution in [-0.4, -0.2) is 11.5 Å². The third kappa shape index (κ3) is 2.68. The quantitative estimate of drug-likeness (QED) is 0.858. The van der Waals surface area contributed by atoms with E-state index in [0.29, 0.717) is 5.92 Å². The molecule has 1 heterocycles. The first-order valence-corrected chi connectivity index (χ1v) is 6.90. The van der Waals surface area contributed by atoms with Crippen molar-refractivity contribution in [2.75, 3.05) is 11.5 Å². The van der Waals surface area contributed by atoms with Gasteiger partial charge in [-0.2, -0.15) is 11.8 Å². The molecule has 0 amide bonds. The van der Waals surface area contributed by atoms with E-state index in [2.05, 4.69) is 6.07 Å². The molecule has 2 N–H and O–H groups in total. The second kappa shape index (κ2) is 5.24. The lowest BCUT2D eigenvalue weighted by atomic mass is 9.89. The molecule has 0 aliphatic carbocycles. The molecule has 0 spiro atoms. The maximum atomic E-state index is 6.28. The summed E-state index contributed by atoms with van der Waals surface area (Å²) in [6.45, 7) is 0. The summed E-state index contributed by atoms with van der Waals surface area (Å²) in [5.41, 5.74) is 7.38. The second-order valence-electron chi connectivity index (χ2n) is 4.00. The van der Waals surface area contributed by atoms with Crippen molar-refractivity contribution >= 4 is 23.4 Å². The normalized spacial score (nSPS) is 20.1. The Hall–Kier alpha value is -0.180. The van der Waals surface area contributed by atoms with Crippen molar-refractivity contribution in [1.29, 1.82) is 0 Å². The van der Waals surface area contributed by atoms with Gasteiger partial charge in [-0.3, -0.25) is 0 Å². The molecule has 1 nitrogen and oxygen atoms in total. The fourth-order valence-electron chi connectivity index (χ4n) is 2.07. The van der Waals surface area contributed by atoms with Crippen molar-refractivity contribution in [2.45, 2.75) is 18.9 Å². The Morgan fingerprint density at radius 1 is 1.27 bits per heavy atom. The molecule has 1 aromatic carbocycles. The van der Waals surface area contributed by atoms with Gasteiger partial charge in [0.1, 0.15) is 0 Å². The number of hydrogen-bond donors (Lipinski definition) is 1. The van der Waals surface area contributed by atoms with E-state index in [9.17, 15) is 0 Å². The number of nitrogens with two attached hydrogens (primary N) is 1. The van der Waals surface area contributed by atoms with Gasteiger partial charge in [0.15, 0.2) is 0 Å². The molecular weight excluding hydrogens is 226 g/mol. The average molecular weight is 242 g/mol. The predicted molar refractivity (Wildman–Crippen MR) is 68.4 cm³/mol. The summed E-state index contributed by atoms with van der Waals surface area (Å²) >= 11 is 8.18. The lowest BCUT2D eigenvalue weighted by Gasteiger charge is -2.28. The van der Waals surface area contributed by atoms with Crippen molar-refractivity contribution in [1.82, 2.24) is 0 Å². The molecule has 1 saturated heterocycles. The maximum Gasteiger partial charge on any atom is 0.0453 e. The molecule has 1 atom stereocenters. The zero-order chi connectivity index (χ0) is 10.7. The largest absolute Gasteiger partial charge is 0.324 e. The summed E-state index contributed by atoms with van der Waals surface area (Å²) in [5, 5.41) is 0.809. The van der Waals surface area contributed by atoms with Crippen LogP contribution < -0.4 is 5.73 Å². The van der Waals surface area contributed by atoms with E-state index >= 15 is 0 Å². The van der Waals surface area contributed by atoms with E-state index in [1.165, 1.54) is 24.3 Å². The van der Waals surface area contributed by atoms with Gasteiger partial charge in [-0.25, -0.2) is 0 Å². The van der Waals surface area contributed by atoms with Crippen molar-refractivity contribution < 1.29 is 0 Å². The minimum atomic E-state index is 0.111. The van der Waals surface area contributed by atoms with Crippen LogP contribution in [0.4, 0.5) is 0 Å². The Morgan fingerprint density at radius 2 is 1.93 bits per heavy atom. The van der Waals surface area contributed by atoms with Crippen molar-refractivity contribution in [3.8, 4) is 0 Å². The molecule has 0 saturated carbocycles. The Labute approximate surface area is 100 Å². The van der Waals surface area contributed by atoms with E-state index in [1.807, 2.05) is 30.0 Å². The number of thioether (sulfide) groups is 1. The van der Waals surface area contributed by atoms with Crippen LogP contribution in [0.2, 0.25) is 5.02 Å². The van der Waals surface area contributed by atoms with Crippen LogP contribution in [0.1, 0.15) is 24.4 Å². The van der Waals surface area contributed by atoms with Crippen LogP contribution in [0.25, 0.3) is 0 Å². The summed E-state index contributed by atoms with van der Waals surface area (Å²) in [4.78, 5) is 0. The molecule has 2 rings (SSSR count). The lowest BCUT2D eigenvalue weighted by Crippen LogP contribution is -2.25. The van der Waals surface area contributed by atoms with E-state index in [0.717, 1.165) is 10.6 Å². The summed E-state index contributed by atoms with van der Waals surface area (Å²) in [6.07, 6.45) is 2.44. The van der Waals surface area contributed by atoms with E-state index in [1.54, 1.807) is 0 Å². The molecule has 1 aliphatic heterocycles. The maximum absolute atomic E-state index is 6.28. The van der Waals surface area contributed by atoms with Crippen LogP contribution in [0.5, 0.6) is 0 Å². The van der Waals surface area contributed by atoms with E-state index in [-0.39, 0.29) is 6.04 Å².